The maximum Gasteiger partial charge on any atom is 0.241 e. The average molecular weight is 399 g/mol. The summed E-state index contributed by atoms with van der Waals surface area (Å²) in [5.74, 6) is -0.0570. The van der Waals surface area contributed by atoms with E-state index in [1.54, 1.807) is 0 Å². The monoisotopic (exact) mass is 398 g/mol. The van der Waals surface area contributed by atoms with Crippen LogP contribution >= 0.6 is 11.6 Å². The number of amides is 1. The van der Waals surface area contributed by atoms with Gasteiger partial charge in [-0.15, -0.1) is 0 Å². The topological polar surface area (TPSA) is 47.9 Å². The number of rotatable bonds is 7. The van der Waals surface area contributed by atoms with Gasteiger partial charge in [0.2, 0.25) is 5.91 Å². The normalized spacial score (nSPS) is 15.5. The predicted molar refractivity (Wildman–Crippen MR) is 116 cm³/mol. The molecule has 0 saturated carbocycles. The van der Waals surface area contributed by atoms with Crippen LogP contribution in [0, 0.1) is 0 Å². The zero-order chi connectivity index (χ0) is 19.8. The summed E-state index contributed by atoms with van der Waals surface area (Å²) in [5.41, 5.74) is 5.72. The Morgan fingerprint density at radius 3 is 2.50 bits per heavy atom. The number of anilines is 1. The largest absolute Gasteiger partial charge is 0.369 e. The van der Waals surface area contributed by atoms with Crippen LogP contribution in [-0.2, 0) is 4.79 Å². The highest BCUT2D eigenvalue weighted by Gasteiger charge is 2.17. The molecule has 1 aliphatic rings. The first kappa shape index (κ1) is 20.4. The number of hydrogen-bond acceptors (Lipinski definition) is 4. The van der Waals surface area contributed by atoms with E-state index in [1.165, 1.54) is 5.69 Å². The summed E-state index contributed by atoms with van der Waals surface area (Å²) in [6, 6.07) is 18.0. The molecule has 0 aromatic heterocycles. The predicted octanol–water partition coefficient (Wildman–Crippen LogP) is 3.78. The summed E-state index contributed by atoms with van der Waals surface area (Å²) in [7, 11) is 0. The summed E-state index contributed by atoms with van der Waals surface area (Å²) in [4.78, 5) is 16.9. The lowest BCUT2D eigenvalue weighted by Gasteiger charge is -2.36. The fourth-order valence-corrected chi connectivity index (χ4v) is 3.52. The Morgan fingerprint density at radius 2 is 1.82 bits per heavy atom. The van der Waals surface area contributed by atoms with Crippen molar-refractivity contribution in [1.82, 2.24) is 10.3 Å². The molecule has 1 fully saturated rings. The molecule has 0 radical (unpaired) electrons. The number of carbonyl (C=O) groups is 1. The Balaban J connectivity index is 1.43. The molecule has 0 aliphatic carbocycles. The molecular formula is C22H27ClN4O. The summed E-state index contributed by atoms with van der Waals surface area (Å²) in [5, 5.41) is 4.97. The van der Waals surface area contributed by atoms with Crippen molar-refractivity contribution in [2.75, 3.05) is 37.6 Å². The van der Waals surface area contributed by atoms with E-state index < -0.39 is 0 Å². The number of carbonyl (C=O) groups excluding carboxylic acids is 1. The molecule has 0 atom stereocenters. The summed E-state index contributed by atoms with van der Waals surface area (Å²) in [6.07, 6.45) is 1.17. The molecule has 2 aromatic rings. The van der Waals surface area contributed by atoms with E-state index in [0.29, 0.717) is 11.4 Å². The molecule has 0 bridgehead atoms. The Labute approximate surface area is 172 Å². The second-order valence-corrected chi connectivity index (χ2v) is 7.31. The summed E-state index contributed by atoms with van der Waals surface area (Å²) in [6.45, 7) is 6.67. The van der Waals surface area contributed by atoms with E-state index in [0.717, 1.165) is 50.4 Å². The standard InChI is InChI=1S/C22H27ClN4O/c1-2-21(18-7-6-8-19(23)17-18)24-25-22(28)11-12-26-13-15-27(16-14-26)20-9-4-3-5-10-20/h3-10,17H,2,11-16H2,1H3,(H,25,28)/b24-21+. The van der Waals surface area contributed by atoms with Gasteiger partial charge in [-0.2, -0.15) is 5.10 Å². The molecule has 1 amide bonds. The molecule has 1 heterocycles. The SMILES string of the molecule is CC/C(=N\NC(=O)CCN1CCN(c2ccccc2)CC1)c1cccc(Cl)c1. The lowest BCUT2D eigenvalue weighted by molar-refractivity contribution is -0.121. The molecule has 6 heteroatoms. The van der Waals surface area contributed by atoms with Gasteiger partial charge in [0.25, 0.3) is 0 Å². The third-order valence-electron chi connectivity index (χ3n) is 4.96. The number of hydrogen-bond donors (Lipinski definition) is 1. The molecule has 2 aromatic carbocycles. The fraction of sp³-hybridized carbons (Fsp3) is 0.364. The van der Waals surface area contributed by atoms with E-state index in [-0.39, 0.29) is 5.91 Å². The molecule has 1 saturated heterocycles. The molecule has 1 N–H and O–H groups in total. The molecule has 148 valence electrons. The van der Waals surface area contributed by atoms with Crippen LogP contribution in [0.4, 0.5) is 5.69 Å². The Morgan fingerprint density at radius 1 is 1.07 bits per heavy atom. The molecule has 0 spiro atoms. The van der Waals surface area contributed by atoms with E-state index in [2.05, 4.69) is 44.6 Å². The van der Waals surface area contributed by atoms with Gasteiger partial charge in [-0.25, -0.2) is 5.43 Å². The maximum absolute atomic E-state index is 12.2. The van der Waals surface area contributed by atoms with Gasteiger partial charge in [0.05, 0.1) is 5.71 Å². The highest BCUT2D eigenvalue weighted by Crippen LogP contribution is 2.15. The zero-order valence-corrected chi connectivity index (χ0v) is 17.0. The third kappa shape index (κ3) is 5.81. The lowest BCUT2D eigenvalue weighted by atomic mass is 10.1. The van der Waals surface area contributed by atoms with Crippen molar-refractivity contribution in [2.45, 2.75) is 19.8 Å². The van der Waals surface area contributed by atoms with Crippen LogP contribution in [0.1, 0.15) is 25.3 Å². The van der Waals surface area contributed by atoms with E-state index >= 15 is 0 Å². The number of hydrazone groups is 1. The fourth-order valence-electron chi connectivity index (χ4n) is 3.33. The van der Waals surface area contributed by atoms with Crippen LogP contribution in [0.15, 0.2) is 59.7 Å². The van der Waals surface area contributed by atoms with Crippen molar-refractivity contribution >= 4 is 28.9 Å². The van der Waals surface area contributed by atoms with Crippen molar-refractivity contribution < 1.29 is 4.79 Å². The molecule has 5 nitrogen and oxygen atoms in total. The first-order chi connectivity index (χ1) is 13.7. The Hall–Kier alpha value is -2.37. The quantitative estimate of drug-likeness (QED) is 0.570. The second-order valence-electron chi connectivity index (χ2n) is 6.87. The number of para-hydroxylation sites is 1. The maximum atomic E-state index is 12.2. The van der Waals surface area contributed by atoms with Crippen molar-refractivity contribution in [3.63, 3.8) is 0 Å². The van der Waals surface area contributed by atoms with Crippen LogP contribution in [0.25, 0.3) is 0 Å². The minimum Gasteiger partial charge on any atom is -0.369 e. The first-order valence-electron chi connectivity index (χ1n) is 9.79. The van der Waals surface area contributed by atoms with Gasteiger partial charge < -0.3 is 4.90 Å². The van der Waals surface area contributed by atoms with Gasteiger partial charge in [0.1, 0.15) is 0 Å². The van der Waals surface area contributed by atoms with Crippen LogP contribution in [0.2, 0.25) is 5.02 Å². The first-order valence-corrected chi connectivity index (χ1v) is 10.2. The highest BCUT2D eigenvalue weighted by molar-refractivity contribution is 6.31. The molecule has 0 unspecified atom stereocenters. The number of piperazine rings is 1. The van der Waals surface area contributed by atoms with Gasteiger partial charge in [-0.05, 0) is 36.2 Å². The Bertz CT molecular complexity index is 801. The van der Waals surface area contributed by atoms with Gasteiger partial charge in [0.15, 0.2) is 0 Å². The number of nitrogens with zero attached hydrogens (tertiary/aromatic N) is 3. The van der Waals surface area contributed by atoms with Crippen LogP contribution < -0.4 is 10.3 Å². The van der Waals surface area contributed by atoms with Gasteiger partial charge in [-0.1, -0.05) is 48.9 Å². The van der Waals surface area contributed by atoms with E-state index in [4.69, 9.17) is 11.6 Å². The average Bonchev–Trinajstić information content (AvgIpc) is 2.74. The van der Waals surface area contributed by atoms with Crippen LogP contribution in [0.3, 0.4) is 0 Å². The van der Waals surface area contributed by atoms with Gasteiger partial charge in [-0.3, -0.25) is 9.69 Å². The smallest absolute Gasteiger partial charge is 0.241 e. The number of benzene rings is 2. The van der Waals surface area contributed by atoms with Crippen molar-refractivity contribution in [3.8, 4) is 0 Å². The number of nitrogens with one attached hydrogen (secondary N) is 1. The summed E-state index contributed by atoms with van der Waals surface area (Å²) >= 11 is 6.04. The summed E-state index contributed by atoms with van der Waals surface area (Å²) < 4.78 is 0. The van der Waals surface area contributed by atoms with Crippen LogP contribution in [0.5, 0.6) is 0 Å². The van der Waals surface area contributed by atoms with Crippen molar-refractivity contribution in [1.29, 1.82) is 0 Å². The minimum atomic E-state index is -0.0570. The van der Waals surface area contributed by atoms with E-state index in [9.17, 15) is 4.79 Å². The minimum absolute atomic E-state index is 0.0570. The molecule has 1 aliphatic heterocycles. The molecular weight excluding hydrogens is 372 g/mol. The lowest BCUT2D eigenvalue weighted by Crippen LogP contribution is -2.47. The van der Waals surface area contributed by atoms with E-state index in [1.807, 2.05) is 37.3 Å². The van der Waals surface area contributed by atoms with Gasteiger partial charge in [0, 0.05) is 49.9 Å². The van der Waals surface area contributed by atoms with Crippen LogP contribution in [-0.4, -0.2) is 49.2 Å². The second kappa shape index (κ2) is 10.2. The third-order valence-corrected chi connectivity index (χ3v) is 5.19. The number of halogens is 1. The highest BCUT2D eigenvalue weighted by atomic mass is 35.5. The molecule has 3 rings (SSSR count). The van der Waals surface area contributed by atoms with Crippen molar-refractivity contribution in [3.05, 3.63) is 65.2 Å². The van der Waals surface area contributed by atoms with Gasteiger partial charge >= 0.3 is 0 Å². The Kier molecular flexibility index (Phi) is 7.46. The molecule has 28 heavy (non-hydrogen) atoms. The van der Waals surface area contributed by atoms with Crippen molar-refractivity contribution in [2.24, 2.45) is 5.10 Å². The zero-order valence-electron chi connectivity index (χ0n) is 16.3.